The summed E-state index contributed by atoms with van der Waals surface area (Å²) in [5.74, 6) is -4.24. The Hall–Kier alpha value is -1.08. The Bertz CT molecular complexity index is 529. The molecule has 0 saturated carbocycles. The molecule has 1 rings (SSSR count). The highest BCUT2D eigenvalue weighted by molar-refractivity contribution is 7.90. The van der Waals surface area contributed by atoms with E-state index in [4.69, 9.17) is 0 Å². The van der Waals surface area contributed by atoms with Crippen LogP contribution in [0.1, 0.15) is 5.56 Å². The van der Waals surface area contributed by atoms with Crippen molar-refractivity contribution < 1.29 is 21.6 Å². The lowest BCUT2D eigenvalue weighted by Crippen LogP contribution is -2.14. The van der Waals surface area contributed by atoms with Crippen LogP contribution in [0.15, 0.2) is 11.0 Å². The topological polar surface area (TPSA) is 46.2 Å². The lowest BCUT2D eigenvalue weighted by molar-refractivity contribution is 0.450. The van der Waals surface area contributed by atoms with Gasteiger partial charge in [-0.3, -0.25) is 0 Å². The summed E-state index contributed by atoms with van der Waals surface area (Å²) < 4.78 is 62.5. The van der Waals surface area contributed by atoms with E-state index < -0.39 is 32.2 Å². The molecular weight excluding hydrogens is 255 g/mol. The summed E-state index contributed by atoms with van der Waals surface area (Å²) in [7, 11) is -2.52. The molecule has 1 aromatic rings. The molecule has 0 atom stereocenters. The molecule has 0 radical (unpaired) electrons. The number of nitrogens with one attached hydrogen (secondary N) is 1. The summed E-state index contributed by atoms with van der Waals surface area (Å²) in [5, 5.41) is 2.70. The Balaban J connectivity index is 3.37. The molecule has 0 heterocycles. The normalized spacial score (nSPS) is 11.8. The van der Waals surface area contributed by atoms with Crippen LogP contribution in [0.25, 0.3) is 0 Å². The van der Waals surface area contributed by atoms with Crippen molar-refractivity contribution in [3.05, 3.63) is 29.1 Å². The van der Waals surface area contributed by atoms with Gasteiger partial charge in [0.25, 0.3) is 0 Å². The van der Waals surface area contributed by atoms with Crippen molar-refractivity contribution in [1.82, 2.24) is 5.32 Å². The monoisotopic (exact) mass is 267 g/mol. The fraction of sp³-hybridized carbons (Fsp3) is 0.400. The van der Waals surface area contributed by atoms with E-state index in [-0.39, 0.29) is 12.0 Å². The highest BCUT2D eigenvalue weighted by Crippen LogP contribution is 2.24. The van der Waals surface area contributed by atoms with Crippen molar-refractivity contribution in [2.75, 3.05) is 19.8 Å². The number of rotatable bonds is 4. The van der Waals surface area contributed by atoms with Gasteiger partial charge in [0.1, 0.15) is 10.7 Å². The van der Waals surface area contributed by atoms with E-state index in [2.05, 4.69) is 5.32 Å². The molecular formula is C10H12F3NO2S. The first kappa shape index (κ1) is 14.0. The molecule has 0 unspecified atom stereocenters. The van der Waals surface area contributed by atoms with Crippen LogP contribution in [0.4, 0.5) is 13.2 Å². The first-order chi connectivity index (χ1) is 7.79. The maximum absolute atomic E-state index is 13.5. The zero-order valence-corrected chi connectivity index (χ0v) is 10.2. The van der Waals surface area contributed by atoms with Gasteiger partial charge in [-0.05, 0) is 31.6 Å². The number of likely N-dealkylation sites (N-methyl/N-ethyl adjacent to an activating group) is 1. The second kappa shape index (κ2) is 5.05. The Morgan fingerprint density at radius 3 is 2.29 bits per heavy atom. The minimum absolute atomic E-state index is 0.0697. The number of benzene rings is 1. The molecule has 0 aliphatic carbocycles. The van der Waals surface area contributed by atoms with Crippen molar-refractivity contribution in [3.8, 4) is 0 Å². The van der Waals surface area contributed by atoms with Crippen molar-refractivity contribution >= 4 is 9.84 Å². The number of sulfone groups is 1. The van der Waals surface area contributed by atoms with Crippen molar-refractivity contribution in [1.29, 1.82) is 0 Å². The third-order valence-corrected chi connectivity index (χ3v) is 3.32. The number of hydrogen-bond donors (Lipinski definition) is 1. The molecule has 96 valence electrons. The zero-order valence-electron chi connectivity index (χ0n) is 9.35. The maximum atomic E-state index is 13.5. The van der Waals surface area contributed by atoms with Crippen LogP contribution in [0.2, 0.25) is 0 Å². The molecule has 7 heteroatoms. The zero-order chi connectivity index (χ0) is 13.2. The molecule has 0 aliphatic rings. The van der Waals surface area contributed by atoms with Crippen LogP contribution >= 0.6 is 0 Å². The summed E-state index contributed by atoms with van der Waals surface area (Å²) in [6.07, 6.45) is 0.696. The minimum Gasteiger partial charge on any atom is -0.319 e. The molecule has 0 spiro atoms. The van der Waals surface area contributed by atoms with Gasteiger partial charge in [0.15, 0.2) is 21.5 Å². The van der Waals surface area contributed by atoms with Gasteiger partial charge in [0.05, 0.1) is 0 Å². The number of hydrogen-bond acceptors (Lipinski definition) is 3. The summed E-state index contributed by atoms with van der Waals surface area (Å²) in [6, 6.07) is 0.714. The third-order valence-electron chi connectivity index (χ3n) is 2.21. The van der Waals surface area contributed by atoms with E-state index in [9.17, 15) is 21.6 Å². The lowest BCUT2D eigenvalue weighted by Gasteiger charge is -2.08. The fourth-order valence-electron chi connectivity index (χ4n) is 1.41. The van der Waals surface area contributed by atoms with E-state index in [1.165, 1.54) is 0 Å². The Labute approximate surface area is 97.6 Å². The number of halogens is 3. The Morgan fingerprint density at radius 1 is 1.24 bits per heavy atom. The largest absolute Gasteiger partial charge is 0.319 e. The van der Waals surface area contributed by atoms with Gasteiger partial charge in [-0.25, -0.2) is 21.6 Å². The molecule has 0 saturated heterocycles. The Morgan fingerprint density at radius 2 is 1.82 bits per heavy atom. The van der Waals surface area contributed by atoms with Crippen LogP contribution in [-0.4, -0.2) is 28.3 Å². The molecule has 1 N–H and O–H groups in total. The first-order valence-corrected chi connectivity index (χ1v) is 6.69. The van der Waals surface area contributed by atoms with Gasteiger partial charge in [-0.15, -0.1) is 0 Å². The van der Waals surface area contributed by atoms with Crippen LogP contribution in [0, 0.1) is 17.5 Å². The van der Waals surface area contributed by atoms with E-state index in [1.807, 2.05) is 0 Å². The summed E-state index contributed by atoms with van der Waals surface area (Å²) in [4.78, 5) is -1.22. The quantitative estimate of drug-likeness (QED) is 0.836. The second-order valence-electron chi connectivity index (χ2n) is 3.60. The van der Waals surface area contributed by atoms with E-state index in [0.29, 0.717) is 18.9 Å². The molecule has 0 bridgehead atoms. The van der Waals surface area contributed by atoms with E-state index >= 15 is 0 Å². The summed E-state index contributed by atoms with van der Waals surface area (Å²) >= 11 is 0. The summed E-state index contributed by atoms with van der Waals surface area (Å²) in [6.45, 7) is 0.327. The van der Waals surface area contributed by atoms with Gasteiger partial charge in [-0.1, -0.05) is 0 Å². The maximum Gasteiger partial charge on any atom is 0.181 e. The molecule has 3 nitrogen and oxygen atoms in total. The van der Waals surface area contributed by atoms with Gasteiger partial charge >= 0.3 is 0 Å². The van der Waals surface area contributed by atoms with Crippen LogP contribution < -0.4 is 5.32 Å². The SMILES string of the molecule is CNCCc1cc(F)c(S(C)(=O)=O)c(F)c1F. The van der Waals surface area contributed by atoms with E-state index in [0.717, 1.165) is 0 Å². The highest BCUT2D eigenvalue weighted by atomic mass is 32.2. The van der Waals surface area contributed by atoms with Crippen LogP contribution in [-0.2, 0) is 16.3 Å². The fourth-order valence-corrected chi connectivity index (χ4v) is 2.24. The molecule has 0 aliphatic heterocycles. The Kier molecular flexibility index (Phi) is 4.16. The second-order valence-corrected chi connectivity index (χ2v) is 5.55. The molecule has 0 aromatic heterocycles. The predicted octanol–water partition coefficient (Wildman–Crippen LogP) is 1.27. The lowest BCUT2D eigenvalue weighted by atomic mass is 10.1. The molecule has 0 amide bonds. The summed E-state index contributed by atoms with van der Waals surface area (Å²) in [5.41, 5.74) is -0.193. The van der Waals surface area contributed by atoms with Crippen LogP contribution in [0.5, 0.6) is 0 Å². The molecule has 0 fully saturated rings. The predicted molar refractivity (Wildman–Crippen MR) is 57.1 cm³/mol. The first-order valence-electron chi connectivity index (χ1n) is 4.80. The minimum atomic E-state index is -4.13. The van der Waals surface area contributed by atoms with Crippen molar-refractivity contribution in [2.45, 2.75) is 11.3 Å². The standard InChI is InChI=1S/C10H12F3NO2S/c1-14-4-3-6-5-7(11)10(17(2,15)16)9(13)8(6)12/h5,14H,3-4H2,1-2H3. The van der Waals surface area contributed by atoms with Gasteiger partial charge < -0.3 is 5.32 Å². The van der Waals surface area contributed by atoms with Gasteiger partial charge in [0, 0.05) is 6.26 Å². The van der Waals surface area contributed by atoms with Gasteiger partial charge in [-0.2, -0.15) is 0 Å². The van der Waals surface area contributed by atoms with Gasteiger partial charge in [0.2, 0.25) is 0 Å². The average Bonchev–Trinajstić information content (AvgIpc) is 2.19. The van der Waals surface area contributed by atoms with E-state index in [1.54, 1.807) is 7.05 Å². The molecule has 1 aromatic carbocycles. The van der Waals surface area contributed by atoms with Crippen LogP contribution in [0.3, 0.4) is 0 Å². The van der Waals surface area contributed by atoms with Crippen molar-refractivity contribution in [2.24, 2.45) is 0 Å². The average molecular weight is 267 g/mol. The highest BCUT2D eigenvalue weighted by Gasteiger charge is 2.25. The smallest absolute Gasteiger partial charge is 0.181 e. The third kappa shape index (κ3) is 2.98. The molecule has 17 heavy (non-hydrogen) atoms. The van der Waals surface area contributed by atoms with Crippen molar-refractivity contribution in [3.63, 3.8) is 0 Å².